The second kappa shape index (κ2) is 10.6. The van der Waals surface area contributed by atoms with E-state index in [0.717, 1.165) is 49.4 Å². The van der Waals surface area contributed by atoms with Gasteiger partial charge in [0.1, 0.15) is 5.82 Å². The molecule has 146 valence electrons. The first kappa shape index (κ1) is 20.8. The number of aromatic nitrogens is 2. The molecule has 1 aliphatic heterocycles. The Morgan fingerprint density at radius 2 is 2.04 bits per heavy atom. The number of carbonyl (C=O) groups is 1. The number of methoxy groups -OCH3 is 1. The predicted molar refractivity (Wildman–Crippen MR) is 101 cm³/mol. The number of aryl methyl sites for hydroxylation is 1. The molecule has 0 bridgehead atoms. The van der Waals surface area contributed by atoms with Gasteiger partial charge in [-0.2, -0.15) is 0 Å². The van der Waals surface area contributed by atoms with Gasteiger partial charge in [0.05, 0.1) is 25.5 Å². The summed E-state index contributed by atoms with van der Waals surface area (Å²) in [5, 5.41) is 0. The first-order valence-corrected chi connectivity index (χ1v) is 9.68. The van der Waals surface area contributed by atoms with Crippen LogP contribution in [0.5, 0.6) is 0 Å². The summed E-state index contributed by atoms with van der Waals surface area (Å²) in [6.45, 7) is 9.52. The monoisotopic (exact) mass is 363 g/mol. The third-order valence-electron chi connectivity index (χ3n) is 4.88. The summed E-state index contributed by atoms with van der Waals surface area (Å²) in [6.07, 6.45) is 5.41. The summed E-state index contributed by atoms with van der Waals surface area (Å²) in [6, 6.07) is 0. The Labute approximate surface area is 157 Å². The Morgan fingerprint density at radius 1 is 1.31 bits per heavy atom. The fourth-order valence-corrected chi connectivity index (χ4v) is 3.27. The molecule has 26 heavy (non-hydrogen) atoms. The van der Waals surface area contributed by atoms with Crippen molar-refractivity contribution in [2.45, 2.75) is 59.0 Å². The maximum Gasteiger partial charge on any atom is 0.222 e. The minimum Gasteiger partial charge on any atom is -0.382 e. The lowest BCUT2D eigenvalue weighted by molar-refractivity contribution is -0.132. The van der Waals surface area contributed by atoms with E-state index in [1.54, 1.807) is 7.11 Å². The fraction of sp³-hybridized carbons (Fsp3) is 0.750. The van der Waals surface area contributed by atoms with Gasteiger partial charge in [-0.05, 0) is 32.1 Å². The van der Waals surface area contributed by atoms with Crippen molar-refractivity contribution in [3.8, 4) is 0 Å². The van der Waals surface area contributed by atoms with Crippen molar-refractivity contribution in [1.29, 1.82) is 0 Å². The molecule has 0 spiro atoms. The Bertz CT molecular complexity index is 569. The molecule has 2 heterocycles. The van der Waals surface area contributed by atoms with E-state index >= 15 is 0 Å². The largest absolute Gasteiger partial charge is 0.382 e. The van der Waals surface area contributed by atoms with E-state index in [1.165, 1.54) is 0 Å². The Kier molecular flexibility index (Phi) is 8.45. The van der Waals surface area contributed by atoms with Crippen molar-refractivity contribution in [2.24, 2.45) is 5.92 Å². The van der Waals surface area contributed by atoms with E-state index in [2.05, 4.69) is 18.8 Å². The molecular formula is C20H33N3O3. The number of likely N-dealkylation sites (tertiary alicyclic amines) is 1. The third kappa shape index (κ3) is 6.32. The van der Waals surface area contributed by atoms with Gasteiger partial charge in [-0.1, -0.05) is 13.8 Å². The summed E-state index contributed by atoms with van der Waals surface area (Å²) in [4.78, 5) is 23.4. The molecule has 1 aromatic heterocycles. The van der Waals surface area contributed by atoms with E-state index in [4.69, 9.17) is 14.5 Å². The van der Waals surface area contributed by atoms with Crippen LogP contribution in [-0.2, 0) is 20.9 Å². The zero-order chi connectivity index (χ0) is 18.9. The summed E-state index contributed by atoms with van der Waals surface area (Å²) in [5.74, 6) is 2.02. The minimum atomic E-state index is 0.291. The average Bonchev–Trinajstić information content (AvgIpc) is 2.64. The molecule has 1 amide bonds. The van der Waals surface area contributed by atoms with Crippen LogP contribution in [0.4, 0.5) is 0 Å². The molecule has 1 saturated heterocycles. The SMILES string of the molecule is COCCOCc1cnc(C)nc1C1CCN(C(=O)CCC(C)C)CC1. The summed E-state index contributed by atoms with van der Waals surface area (Å²) in [7, 11) is 1.67. The fourth-order valence-electron chi connectivity index (χ4n) is 3.27. The zero-order valence-corrected chi connectivity index (χ0v) is 16.7. The van der Waals surface area contributed by atoms with E-state index in [-0.39, 0.29) is 0 Å². The molecule has 0 unspecified atom stereocenters. The molecule has 2 rings (SSSR count). The van der Waals surface area contributed by atoms with Gasteiger partial charge in [-0.15, -0.1) is 0 Å². The molecule has 6 nitrogen and oxygen atoms in total. The second-order valence-electron chi connectivity index (χ2n) is 7.46. The van der Waals surface area contributed by atoms with Crippen LogP contribution < -0.4 is 0 Å². The molecule has 1 aliphatic rings. The number of hydrogen-bond acceptors (Lipinski definition) is 5. The molecule has 1 aromatic rings. The normalized spacial score (nSPS) is 15.7. The molecule has 0 aliphatic carbocycles. The topological polar surface area (TPSA) is 64.6 Å². The first-order chi connectivity index (χ1) is 12.5. The van der Waals surface area contributed by atoms with Crippen LogP contribution in [0.2, 0.25) is 0 Å². The van der Waals surface area contributed by atoms with Gasteiger partial charge in [0, 0.05) is 44.3 Å². The van der Waals surface area contributed by atoms with E-state index in [0.29, 0.717) is 44.0 Å². The quantitative estimate of drug-likeness (QED) is 0.631. The smallest absolute Gasteiger partial charge is 0.222 e. The molecule has 0 saturated carbocycles. The summed E-state index contributed by atoms with van der Waals surface area (Å²) < 4.78 is 10.7. The number of hydrogen-bond donors (Lipinski definition) is 0. The van der Waals surface area contributed by atoms with Crippen LogP contribution in [0, 0.1) is 12.8 Å². The molecule has 0 N–H and O–H groups in total. The summed E-state index contributed by atoms with van der Waals surface area (Å²) in [5.41, 5.74) is 2.14. The van der Waals surface area contributed by atoms with Crippen molar-refractivity contribution in [3.63, 3.8) is 0 Å². The van der Waals surface area contributed by atoms with Crippen LogP contribution in [-0.4, -0.2) is 54.2 Å². The summed E-state index contributed by atoms with van der Waals surface area (Å²) >= 11 is 0. The van der Waals surface area contributed by atoms with Crippen LogP contribution >= 0.6 is 0 Å². The lowest BCUT2D eigenvalue weighted by Crippen LogP contribution is -2.38. The highest BCUT2D eigenvalue weighted by molar-refractivity contribution is 5.76. The molecule has 1 fully saturated rings. The van der Waals surface area contributed by atoms with Crippen molar-refractivity contribution in [3.05, 3.63) is 23.3 Å². The van der Waals surface area contributed by atoms with Crippen LogP contribution in [0.3, 0.4) is 0 Å². The van der Waals surface area contributed by atoms with E-state index < -0.39 is 0 Å². The van der Waals surface area contributed by atoms with Crippen LogP contribution in [0.25, 0.3) is 0 Å². The molecular weight excluding hydrogens is 330 g/mol. The Morgan fingerprint density at radius 3 is 2.69 bits per heavy atom. The van der Waals surface area contributed by atoms with Gasteiger partial charge in [0.25, 0.3) is 0 Å². The Hall–Kier alpha value is -1.53. The maximum atomic E-state index is 12.3. The number of rotatable bonds is 9. The number of carbonyl (C=O) groups excluding carboxylic acids is 1. The first-order valence-electron chi connectivity index (χ1n) is 9.68. The second-order valence-corrected chi connectivity index (χ2v) is 7.46. The van der Waals surface area contributed by atoms with Crippen molar-refractivity contribution < 1.29 is 14.3 Å². The van der Waals surface area contributed by atoms with Gasteiger partial charge in [-0.25, -0.2) is 9.97 Å². The van der Waals surface area contributed by atoms with Crippen molar-refractivity contribution >= 4 is 5.91 Å². The van der Waals surface area contributed by atoms with Gasteiger partial charge < -0.3 is 14.4 Å². The number of ether oxygens (including phenoxy) is 2. The predicted octanol–water partition coefficient (Wildman–Crippen LogP) is 3.09. The van der Waals surface area contributed by atoms with Crippen molar-refractivity contribution in [1.82, 2.24) is 14.9 Å². The third-order valence-corrected chi connectivity index (χ3v) is 4.88. The number of amides is 1. The molecule has 6 heteroatoms. The number of piperidine rings is 1. The van der Waals surface area contributed by atoms with Gasteiger partial charge in [0.15, 0.2) is 0 Å². The van der Waals surface area contributed by atoms with Gasteiger partial charge in [-0.3, -0.25) is 4.79 Å². The lowest BCUT2D eigenvalue weighted by atomic mass is 9.90. The van der Waals surface area contributed by atoms with E-state index in [9.17, 15) is 4.79 Å². The highest BCUT2D eigenvalue weighted by Gasteiger charge is 2.26. The van der Waals surface area contributed by atoms with Crippen LogP contribution in [0.1, 0.15) is 62.5 Å². The minimum absolute atomic E-state index is 0.291. The zero-order valence-electron chi connectivity index (χ0n) is 16.7. The molecule has 0 atom stereocenters. The number of nitrogens with zero attached hydrogens (tertiary/aromatic N) is 3. The van der Waals surface area contributed by atoms with Crippen LogP contribution in [0.15, 0.2) is 6.20 Å². The van der Waals surface area contributed by atoms with Crippen molar-refractivity contribution in [2.75, 3.05) is 33.4 Å². The maximum absolute atomic E-state index is 12.3. The van der Waals surface area contributed by atoms with E-state index in [1.807, 2.05) is 18.0 Å². The standard InChI is InChI=1S/C20H33N3O3/c1-15(2)5-6-19(24)23-9-7-17(8-10-23)20-18(13-21-16(3)22-20)14-26-12-11-25-4/h13,15,17H,5-12,14H2,1-4H3. The average molecular weight is 364 g/mol. The van der Waals surface area contributed by atoms with Gasteiger partial charge >= 0.3 is 0 Å². The Balaban J connectivity index is 1.93. The molecule has 0 radical (unpaired) electrons. The highest BCUT2D eigenvalue weighted by Crippen LogP contribution is 2.29. The molecule has 0 aromatic carbocycles. The highest BCUT2D eigenvalue weighted by atomic mass is 16.5. The lowest BCUT2D eigenvalue weighted by Gasteiger charge is -2.32. The van der Waals surface area contributed by atoms with Gasteiger partial charge in [0.2, 0.25) is 5.91 Å².